The van der Waals surface area contributed by atoms with E-state index in [1.807, 2.05) is 12.3 Å². The van der Waals surface area contributed by atoms with Crippen molar-refractivity contribution in [2.24, 2.45) is 11.1 Å². The van der Waals surface area contributed by atoms with E-state index in [1.54, 1.807) is 12.5 Å². The molecule has 0 unspecified atom stereocenters. The number of aryl methyl sites for hydroxylation is 1. The Labute approximate surface area is 208 Å². The summed E-state index contributed by atoms with van der Waals surface area (Å²) in [5.41, 5.74) is 10.8. The Kier molecular flexibility index (Phi) is 4.97. The monoisotopic (exact) mass is 487 g/mol. The zero-order chi connectivity index (χ0) is 24.3. The molecule has 3 aliphatic heterocycles. The molecule has 4 aromatic heterocycles. The molecule has 2 saturated heterocycles. The van der Waals surface area contributed by atoms with Gasteiger partial charge < -0.3 is 24.7 Å². The largest absolute Gasteiger partial charge is 0.443 e. The van der Waals surface area contributed by atoms with Crippen molar-refractivity contribution < 1.29 is 9.15 Å². The van der Waals surface area contributed by atoms with Crippen LogP contribution in [0.25, 0.3) is 22.7 Å². The summed E-state index contributed by atoms with van der Waals surface area (Å²) in [6.07, 6.45) is 9.04. The van der Waals surface area contributed by atoms with Gasteiger partial charge in [0.1, 0.15) is 17.8 Å². The molecule has 0 aliphatic carbocycles. The lowest BCUT2D eigenvalue weighted by atomic mass is 9.73. The second-order valence-electron chi connectivity index (χ2n) is 10.1. The van der Waals surface area contributed by atoms with E-state index >= 15 is 0 Å². The summed E-state index contributed by atoms with van der Waals surface area (Å²) in [6.45, 7) is 5.45. The summed E-state index contributed by atoms with van der Waals surface area (Å²) in [5, 5.41) is 7.73. The van der Waals surface area contributed by atoms with E-state index < -0.39 is 0 Å². The van der Waals surface area contributed by atoms with Crippen LogP contribution in [0, 0.1) is 5.41 Å². The Morgan fingerprint density at radius 1 is 1.14 bits per heavy atom. The predicted molar refractivity (Wildman–Crippen MR) is 134 cm³/mol. The summed E-state index contributed by atoms with van der Waals surface area (Å²) in [5.74, 6) is 2.17. The lowest BCUT2D eigenvalue weighted by molar-refractivity contribution is 0.0974. The third-order valence-electron chi connectivity index (χ3n) is 8.11. The lowest BCUT2D eigenvalue weighted by Crippen LogP contribution is -2.50. The Morgan fingerprint density at radius 3 is 2.81 bits per heavy atom. The number of aromatic amines is 1. The van der Waals surface area contributed by atoms with Crippen LogP contribution in [0.15, 0.2) is 35.2 Å². The standard InChI is InChI=1S/C25H29N9O2/c1-15-21(26)25(14-36-15)6-10-33(11-7-25)19-13-28-20-22(30-19)31-32-23(20)34-9-2-3-16-18(34)5-4-17(29-16)24-27-8-12-35-24/h4-5,8,12-13,15,21H,2-3,6-7,9-11,14,26H2,1H3,(H,30,31,32)/t15-,21+/m0/s1. The van der Waals surface area contributed by atoms with Crippen molar-refractivity contribution in [2.45, 2.75) is 44.8 Å². The van der Waals surface area contributed by atoms with E-state index in [9.17, 15) is 0 Å². The number of nitrogens with one attached hydrogen (secondary N) is 1. The van der Waals surface area contributed by atoms with Crippen molar-refractivity contribution in [3.63, 3.8) is 0 Å². The molecule has 11 heteroatoms. The second-order valence-corrected chi connectivity index (χ2v) is 10.1. The molecule has 7 heterocycles. The van der Waals surface area contributed by atoms with Crippen LogP contribution >= 0.6 is 0 Å². The van der Waals surface area contributed by atoms with Gasteiger partial charge in [-0.05, 0) is 44.7 Å². The normalized spacial score (nSPS) is 23.5. The van der Waals surface area contributed by atoms with Gasteiger partial charge in [-0.2, -0.15) is 5.10 Å². The summed E-state index contributed by atoms with van der Waals surface area (Å²) in [7, 11) is 0. The molecule has 2 atom stereocenters. The minimum Gasteiger partial charge on any atom is -0.443 e. The zero-order valence-corrected chi connectivity index (χ0v) is 20.2. The van der Waals surface area contributed by atoms with Crippen molar-refractivity contribution in [2.75, 3.05) is 36.0 Å². The maximum atomic E-state index is 6.49. The lowest BCUT2D eigenvalue weighted by Gasteiger charge is -2.41. The van der Waals surface area contributed by atoms with E-state index in [2.05, 4.69) is 38.0 Å². The van der Waals surface area contributed by atoms with Gasteiger partial charge in [0.2, 0.25) is 5.89 Å². The quantitative estimate of drug-likeness (QED) is 0.444. The van der Waals surface area contributed by atoms with Crippen LogP contribution in [0.5, 0.6) is 0 Å². The van der Waals surface area contributed by atoms with Crippen molar-refractivity contribution in [1.82, 2.24) is 30.1 Å². The number of hydrogen-bond donors (Lipinski definition) is 2. The average molecular weight is 488 g/mol. The highest BCUT2D eigenvalue weighted by atomic mass is 16.5. The molecular formula is C25H29N9O2. The van der Waals surface area contributed by atoms with Crippen molar-refractivity contribution in [3.8, 4) is 11.6 Å². The third kappa shape index (κ3) is 3.37. The van der Waals surface area contributed by atoms with Crippen LogP contribution in [0.3, 0.4) is 0 Å². The van der Waals surface area contributed by atoms with E-state index in [-0.39, 0.29) is 17.6 Å². The summed E-state index contributed by atoms with van der Waals surface area (Å²) in [6, 6.07) is 4.09. The molecule has 1 spiro atoms. The average Bonchev–Trinajstić information content (AvgIpc) is 3.66. The summed E-state index contributed by atoms with van der Waals surface area (Å²) < 4.78 is 11.3. The molecule has 0 amide bonds. The number of anilines is 3. The molecule has 3 N–H and O–H groups in total. The number of nitrogens with two attached hydrogens (primary N) is 1. The maximum Gasteiger partial charge on any atom is 0.244 e. The van der Waals surface area contributed by atoms with Gasteiger partial charge >= 0.3 is 0 Å². The van der Waals surface area contributed by atoms with Crippen LogP contribution in [-0.2, 0) is 11.2 Å². The smallest absolute Gasteiger partial charge is 0.244 e. The van der Waals surface area contributed by atoms with Gasteiger partial charge in [-0.1, -0.05) is 0 Å². The number of hydrogen-bond acceptors (Lipinski definition) is 10. The minimum absolute atomic E-state index is 0.0805. The number of pyridine rings is 1. The van der Waals surface area contributed by atoms with Crippen LogP contribution in [0.1, 0.15) is 31.9 Å². The van der Waals surface area contributed by atoms with Crippen molar-refractivity contribution in [1.29, 1.82) is 0 Å². The van der Waals surface area contributed by atoms with Crippen LogP contribution in [-0.4, -0.2) is 68.5 Å². The molecule has 0 saturated carbocycles. The SMILES string of the molecule is C[C@@H]1OCC2(CCN(c3cnc4c(N5CCCc6nc(-c7ncco7)ccc65)n[nH]c4n3)CC2)[C@@H]1N. The van der Waals surface area contributed by atoms with E-state index in [0.717, 1.165) is 86.2 Å². The number of fused-ring (bicyclic) bond motifs is 2. The fraction of sp³-hybridized carbons (Fsp3) is 0.480. The van der Waals surface area contributed by atoms with Crippen LogP contribution in [0.2, 0.25) is 0 Å². The molecule has 3 aliphatic rings. The zero-order valence-electron chi connectivity index (χ0n) is 20.2. The number of rotatable bonds is 3. The topological polar surface area (TPSA) is 135 Å². The molecule has 11 nitrogen and oxygen atoms in total. The van der Waals surface area contributed by atoms with Gasteiger partial charge in [0, 0.05) is 31.1 Å². The molecule has 0 radical (unpaired) electrons. The molecule has 0 bridgehead atoms. The molecule has 186 valence electrons. The van der Waals surface area contributed by atoms with Gasteiger partial charge in [0.25, 0.3) is 0 Å². The third-order valence-corrected chi connectivity index (χ3v) is 8.11. The number of oxazole rings is 1. The molecule has 7 rings (SSSR count). The predicted octanol–water partition coefficient (Wildman–Crippen LogP) is 2.82. The summed E-state index contributed by atoms with van der Waals surface area (Å²) >= 11 is 0. The molecule has 36 heavy (non-hydrogen) atoms. The van der Waals surface area contributed by atoms with Gasteiger partial charge in [0.05, 0.1) is 36.5 Å². The number of aromatic nitrogens is 6. The Balaban J connectivity index is 1.14. The number of H-pyrrole nitrogens is 1. The first-order valence-corrected chi connectivity index (χ1v) is 12.6. The molecule has 0 aromatic carbocycles. The van der Waals surface area contributed by atoms with Gasteiger partial charge in [0.15, 0.2) is 17.0 Å². The molecule has 4 aromatic rings. The first-order valence-electron chi connectivity index (χ1n) is 12.6. The van der Waals surface area contributed by atoms with Gasteiger partial charge in [-0.15, -0.1) is 0 Å². The van der Waals surface area contributed by atoms with Gasteiger partial charge in [-0.25, -0.2) is 19.9 Å². The minimum atomic E-state index is 0.0805. The van der Waals surface area contributed by atoms with Crippen LogP contribution in [0.4, 0.5) is 17.3 Å². The fourth-order valence-corrected chi connectivity index (χ4v) is 5.91. The number of piperidine rings is 1. The van der Waals surface area contributed by atoms with E-state index in [4.69, 9.17) is 29.8 Å². The maximum absolute atomic E-state index is 6.49. The summed E-state index contributed by atoms with van der Waals surface area (Å²) in [4.78, 5) is 23.2. The van der Waals surface area contributed by atoms with Crippen molar-refractivity contribution >= 4 is 28.5 Å². The first-order chi connectivity index (χ1) is 17.6. The molecular weight excluding hydrogens is 458 g/mol. The van der Waals surface area contributed by atoms with Crippen molar-refractivity contribution in [3.05, 3.63) is 36.5 Å². The van der Waals surface area contributed by atoms with E-state index in [1.165, 1.54) is 0 Å². The van der Waals surface area contributed by atoms with E-state index in [0.29, 0.717) is 11.5 Å². The number of ether oxygens (including phenoxy) is 1. The Hall–Kier alpha value is -3.57. The highest BCUT2D eigenvalue weighted by molar-refractivity contribution is 5.87. The fourth-order valence-electron chi connectivity index (χ4n) is 5.91. The first kappa shape index (κ1) is 21.7. The van der Waals surface area contributed by atoms with Crippen LogP contribution < -0.4 is 15.5 Å². The van der Waals surface area contributed by atoms with Gasteiger partial charge in [-0.3, -0.25) is 5.10 Å². The molecule has 2 fully saturated rings. The Bertz CT molecular complexity index is 1390. The Morgan fingerprint density at radius 2 is 2.03 bits per heavy atom. The highest BCUT2D eigenvalue weighted by Crippen LogP contribution is 2.42. The second kappa shape index (κ2) is 8.24. The number of nitrogens with zero attached hydrogens (tertiary/aromatic N) is 7. The highest BCUT2D eigenvalue weighted by Gasteiger charge is 2.47.